The van der Waals surface area contributed by atoms with Crippen LogP contribution in [0.3, 0.4) is 0 Å². The van der Waals surface area contributed by atoms with Crippen molar-refractivity contribution in [3.63, 3.8) is 0 Å². The largest absolute Gasteiger partial charge is 0.282 e. The summed E-state index contributed by atoms with van der Waals surface area (Å²) in [5.74, 6) is -1.19. The molecule has 0 saturated carbocycles. The smallest absolute Gasteiger partial charge is 0.274 e. The maximum atomic E-state index is 11.5. The standard InChI is InChI=1S/C8H8Cl3NO2/c1-3-7(2)4-5(13)12(7)6(14)8(9,10)11/h3H,1,4H2,2H3. The van der Waals surface area contributed by atoms with Crippen molar-refractivity contribution in [3.05, 3.63) is 12.7 Å². The molecule has 1 saturated heterocycles. The molecular weight excluding hydrogens is 248 g/mol. The lowest BCUT2D eigenvalue weighted by Gasteiger charge is -2.47. The van der Waals surface area contributed by atoms with E-state index in [0.717, 1.165) is 4.90 Å². The van der Waals surface area contributed by atoms with Crippen LogP contribution in [0.2, 0.25) is 0 Å². The predicted octanol–water partition coefficient (Wildman–Crippen LogP) is 2.06. The number of imide groups is 1. The fraction of sp³-hybridized carbons (Fsp3) is 0.500. The molecule has 78 valence electrons. The van der Waals surface area contributed by atoms with E-state index in [2.05, 4.69) is 6.58 Å². The van der Waals surface area contributed by atoms with Crippen LogP contribution in [-0.4, -0.2) is 26.0 Å². The molecule has 1 rings (SSSR count). The van der Waals surface area contributed by atoms with E-state index in [1.165, 1.54) is 6.08 Å². The molecule has 0 spiro atoms. The van der Waals surface area contributed by atoms with E-state index in [-0.39, 0.29) is 12.3 Å². The lowest BCUT2D eigenvalue weighted by Crippen LogP contribution is -2.65. The van der Waals surface area contributed by atoms with Crippen LogP contribution in [0.4, 0.5) is 0 Å². The summed E-state index contributed by atoms with van der Waals surface area (Å²) in [6, 6.07) is 0. The maximum absolute atomic E-state index is 11.5. The number of nitrogens with zero attached hydrogens (tertiary/aromatic N) is 1. The summed E-state index contributed by atoms with van der Waals surface area (Å²) in [7, 11) is 0. The Morgan fingerprint density at radius 2 is 2.14 bits per heavy atom. The number of hydrogen-bond donors (Lipinski definition) is 0. The van der Waals surface area contributed by atoms with Gasteiger partial charge in [-0.25, -0.2) is 0 Å². The van der Waals surface area contributed by atoms with E-state index in [4.69, 9.17) is 34.8 Å². The summed E-state index contributed by atoms with van der Waals surface area (Å²) in [6.45, 7) is 5.20. The van der Waals surface area contributed by atoms with Gasteiger partial charge in [0.05, 0.1) is 12.0 Å². The Labute approximate surface area is 96.6 Å². The van der Waals surface area contributed by atoms with Crippen molar-refractivity contribution in [1.82, 2.24) is 4.90 Å². The highest BCUT2D eigenvalue weighted by molar-refractivity contribution is 6.76. The number of halogens is 3. The molecule has 0 aromatic rings. The fourth-order valence-corrected chi connectivity index (χ4v) is 1.55. The molecular formula is C8H8Cl3NO2. The molecule has 1 aliphatic heterocycles. The third-order valence-corrected chi connectivity index (χ3v) is 2.64. The van der Waals surface area contributed by atoms with Crippen molar-refractivity contribution < 1.29 is 9.59 Å². The number of likely N-dealkylation sites (tertiary alicyclic amines) is 1. The number of amides is 2. The van der Waals surface area contributed by atoms with E-state index >= 15 is 0 Å². The summed E-state index contributed by atoms with van der Waals surface area (Å²) in [4.78, 5) is 23.6. The Hall–Kier alpha value is -0.250. The number of β-lactam (4-membered cyclic amide) rings is 1. The molecule has 0 bridgehead atoms. The highest BCUT2D eigenvalue weighted by atomic mass is 35.6. The lowest BCUT2D eigenvalue weighted by molar-refractivity contribution is -0.162. The van der Waals surface area contributed by atoms with Crippen molar-refractivity contribution in [3.8, 4) is 0 Å². The predicted molar refractivity (Wildman–Crippen MR) is 55.4 cm³/mol. The number of rotatable bonds is 1. The average molecular weight is 257 g/mol. The van der Waals surface area contributed by atoms with Crippen LogP contribution in [0, 0.1) is 0 Å². The SMILES string of the molecule is C=CC1(C)CC(=O)N1C(=O)C(Cl)(Cl)Cl. The van der Waals surface area contributed by atoms with Gasteiger partial charge >= 0.3 is 0 Å². The topological polar surface area (TPSA) is 37.4 Å². The van der Waals surface area contributed by atoms with Gasteiger partial charge < -0.3 is 0 Å². The van der Waals surface area contributed by atoms with Crippen molar-refractivity contribution in [2.75, 3.05) is 0 Å². The highest BCUT2D eigenvalue weighted by Crippen LogP contribution is 2.39. The number of hydrogen-bond acceptors (Lipinski definition) is 2. The van der Waals surface area contributed by atoms with Gasteiger partial charge in [-0.15, -0.1) is 6.58 Å². The van der Waals surface area contributed by atoms with E-state index in [9.17, 15) is 9.59 Å². The molecule has 14 heavy (non-hydrogen) atoms. The van der Waals surface area contributed by atoms with Gasteiger partial charge in [0.1, 0.15) is 0 Å². The lowest BCUT2D eigenvalue weighted by atomic mass is 9.86. The molecule has 0 aliphatic carbocycles. The molecule has 0 radical (unpaired) electrons. The minimum absolute atomic E-state index is 0.211. The van der Waals surface area contributed by atoms with E-state index in [1.807, 2.05) is 0 Å². The number of alkyl halides is 3. The fourth-order valence-electron chi connectivity index (χ4n) is 1.29. The average Bonchev–Trinajstić information content (AvgIpc) is 2.01. The minimum Gasteiger partial charge on any atom is -0.274 e. The van der Waals surface area contributed by atoms with Crippen LogP contribution in [0.5, 0.6) is 0 Å². The molecule has 0 aromatic carbocycles. The molecule has 3 nitrogen and oxygen atoms in total. The van der Waals surface area contributed by atoms with Crippen LogP contribution in [0.25, 0.3) is 0 Å². The molecule has 1 heterocycles. The molecule has 1 fully saturated rings. The summed E-state index contributed by atoms with van der Waals surface area (Å²) < 4.78 is -2.10. The van der Waals surface area contributed by atoms with Gasteiger partial charge in [-0.1, -0.05) is 40.9 Å². The molecule has 2 amide bonds. The van der Waals surface area contributed by atoms with Gasteiger partial charge in [0, 0.05) is 0 Å². The van der Waals surface area contributed by atoms with Crippen LogP contribution >= 0.6 is 34.8 Å². The third kappa shape index (κ3) is 1.76. The number of carbonyl (C=O) groups excluding carboxylic acids is 2. The monoisotopic (exact) mass is 255 g/mol. The second-order valence-corrected chi connectivity index (χ2v) is 5.55. The second-order valence-electron chi connectivity index (χ2n) is 3.27. The zero-order chi connectivity index (χ0) is 11.1. The molecule has 1 aliphatic rings. The summed E-state index contributed by atoms with van der Waals surface area (Å²) in [6.07, 6.45) is 1.70. The van der Waals surface area contributed by atoms with E-state index in [0.29, 0.717) is 0 Å². The zero-order valence-electron chi connectivity index (χ0n) is 7.39. The summed E-state index contributed by atoms with van der Waals surface area (Å²) in [5.41, 5.74) is -0.724. The molecule has 1 atom stereocenters. The highest BCUT2D eigenvalue weighted by Gasteiger charge is 2.53. The Kier molecular flexibility index (Phi) is 2.87. The zero-order valence-corrected chi connectivity index (χ0v) is 9.66. The number of carbonyl (C=O) groups is 2. The minimum atomic E-state index is -2.10. The van der Waals surface area contributed by atoms with Crippen LogP contribution < -0.4 is 0 Å². The molecule has 1 unspecified atom stereocenters. The molecule has 0 aromatic heterocycles. The first-order valence-electron chi connectivity index (χ1n) is 3.80. The van der Waals surface area contributed by atoms with Crippen molar-refractivity contribution in [1.29, 1.82) is 0 Å². The Bertz CT molecular complexity index is 310. The van der Waals surface area contributed by atoms with Gasteiger partial charge in [0.15, 0.2) is 0 Å². The first-order valence-corrected chi connectivity index (χ1v) is 4.93. The quantitative estimate of drug-likeness (QED) is 0.409. The van der Waals surface area contributed by atoms with Gasteiger partial charge in [0.25, 0.3) is 9.70 Å². The summed E-state index contributed by atoms with van der Waals surface area (Å²) in [5, 5.41) is 0. The molecule has 0 N–H and O–H groups in total. The Morgan fingerprint density at radius 1 is 1.64 bits per heavy atom. The van der Waals surface area contributed by atoms with Crippen LogP contribution in [0.1, 0.15) is 13.3 Å². The normalized spacial score (nSPS) is 27.1. The summed E-state index contributed by atoms with van der Waals surface area (Å²) >= 11 is 16.2. The molecule has 6 heteroatoms. The van der Waals surface area contributed by atoms with E-state index < -0.39 is 15.2 Å². The van der Waals surface area contributed by atoms with Gasteiger partial charge in [-0.05, 0) is 6.92 Å². The van der Waals surface area contributed by atoms with Gasteiger partial charge in [0.2, 0.25) is 5.91 Å². The van der Waals surface area contributed by atoms with Crippen molar-refractivity contribution >= 4 is 46.6 Å². The second kappa shape index (κ2) is 3.40. The first-order chi connectivity index (χ1) is 6.22. The van der Waals surface area contributed by atoms with Crippen molar-refractivity contribution in [2.45, 2.75) is 22.7 Å². The van der Waals surface area contributed by atoms with E-state index in [1.54, 1.807) is 6.92 Å². The first kappa shape index (κ1) is 11.8. The maximum Gasteiger partial charge on any atom is 0.282 e. The Balaban J connectivity index is 2.93. The van der Waals surface area contributed by atoms with Crippen LogP contribution in [0.15, 0.2) is 12.7 Å². The van der Waals surface area contributed by atoms with Gasteiger partial charge in [-0.3, -0.25) is 14.5 Å². The van der Waals surface area contributed by atoms with Gasteiger partial charge in [-0.2, -0.15) is 0 Å². The Morgan fingerprint density at radius 3 is 2.43 bits per heavy atom. The van der Waals surface area contributed by atoms with Crippen molar-refractivity contribution in [2.24, 2.45) is 0 Å². The van der Waals surface area contributed by atoms with Crippen LogP contribution in [-0.2, 0) is 9.59 Å². The third-order valence-electron chi connectivity index (χ3n) is 2.15.